The van der Waals surface area contributed by atoms with Crippen LogP contribution in [0.4, 0.5) is 10.5 Å². The molecule has 1 aromatic heterocycles. The van der Waals surface area contributed by atoms with E-state index in [1.165, 1.54) is 0 Å². The van der Waals surface area contributed by atoms with Gasteiger partial charge in [-0.25, -0.2) is 4.79 Å². The van der Waals surface area contributed by atoms with Gasteiger partial charge in [0.2, 0.25) is 0 Å². The van der Waals surface area contributed by atoms with Gasteiger partial charge in [-0.05, 0) is 36.2 Å². The number of rotatable bonds is 4. The number of carbonyl (C=O) groups excluding carboxylic acids is 1. The molecule has 4 N–H and O–H groups in total. The van der Waals surface area contributed by atoms with Gasteiger partial charge < -0.3 is 16.4 Å². The summed E-state index contributed by atoms with van der Waals surface area (Å²) in [5.41, 5.74) is 8.47. The van der Waals surface area contributed by atoms with E-state index in [4.69, 9.17) is 5.73 Å². The van der Waals surface area contributed by atoms with Crippen LogP contribution in [-0.2, 0) is 6.54 Å². The second-order valence-electron chi connectivity index (χ2n) is 4.58. The predicted molar refractivity (Wildman–Crippen MR) is 79.1 cm³/mol. The molecule has 0 radical (unpaired) electrons. The molecule has 0 aliphatic heterocycles. The lowest BCUT2D eigenvalue weighted by molar-refractivity contribution is 0.251. The quantitative estimate of drug-likeness (QED) is 0.798. The van der Waals surface area contributed by atoms with Crippen molar-refractivity contribution in [3.63, 3.8) is 0 Å². The summed E-state index contributed by atoms with van der Waals surface area (Å²) in [6, 6.07) is 10.9. The first-order valence-corrected chi connectivity index (χ1v) is 6.44. The minimum absolute atomic E-state index is 0.0600. The second kappa shape index (κ2) is 6.68. The van der Waals surface area contributed by atoms with Crippen LogP contribution in [0, 0.1) is 0 Å². The fraction of sp³-hybridized carbons (Fsp3) is 0.200. The van der Waals surface area contributed by atoms with E-state index in [2.05, 4.69) is 15.6 Å². The monoisotopic (exact) mass is 270 g/mol. The molecule has 0 saturated heterocycles. The van der Waals surface area contributed by atoms with Crippen molar-refractivity contribution in [1.82, 2.24) is 10.3 Å². The second-order valence-corrected chi connectivity index (χ2v) is 4.58. The molecule has 1 aromatic carbocycles. The third kappa shape index (κ3) is 4.07. The molecule has 20 heavy (non-hydrogen) atoms. The number of aromatic nitrogens is 1. The van der Waals surface area contributed by atoms with E-state index < -0.39 is 0 Å². The Kier molecular flexibility index (Phi) is 4.68. The number of urea groups is 1. The molecule has 0 bridgehead atoms. The summed E-state index contributed by atoms with van der Waals surface area (Å²) in [4.78, 5) is 15.8. The first-order chi connectivity index (χ1) is 9.65. The lowest BCUT2D eigenvalue weighted by Gasteiger charge is -2.10. The lowest BCUT2D eigenvalue weighted by Crippen LogP contribution is -2.28. The Morgan fingerprint density at radius 3 is 2.90 bits per heavy atom. The minimum Gasteiger partial charge on any atom is -0.334 e. The number of nitrogens with zero attached hydrogens (tertiary/aromatic N) is 1. The van der Waals surface area contributed by atoms with Gasteiger partial charge in [0, 0.05) is 30.7 Å². The van der Waals surface area contributed by atoms with Crippen LogP contribution in [0.3, 0.4) is 0 Å². The summed E-state index contributed by atoms with van der Waals surface area (Å²) in [5.74, 6) is 0. The fourth-order valence-corrected chi connectivity index (χ4v) is 1.76. The molecule has 2 amide bonds. The van der Waals surface area contributed by atoms with Gasteiger partial charge in [-0.1, -0.05) is 18.2 Å². The number of benzene rings is 1. The number of nitrogens with two attached hydrogens (primary N) is 1. The topological polar surface area (TPSA) is 80.0 Å². The molecular weight excluding hydrogens is 252 g/mol. The summed E-state index contributed by atoms with van der Waals surface area (Å²) in [6.07, 6.45) is 3.42. The standard InChI is InChI=1S/C15H18N4O/c1-11(16)13-5-2-6-14(8-13)19-15(20)18-10-12-4-3-7-17-9-12/h2-9,11H,10,16H2,1H3,(H2,18,19,20). The summed E-state index contributed by atoms with van der Waals surface area (Å²) in [7, 11) is 0. The van der Waals surface area contributed by atoms with Gasteiger partial charge in [-0.2, -0.15) is 0 Å². The van der Waals surface area contributed by atoms with Crippen LogP contribution in [0.15, 0.2) is 48.8 Å². The predicted octanol–water partition coefficient (Wildman–Crippen LogP) is 2.42. The van der Waals surface area contributed by atoms with Gasteiger partial charge in [-0.3, -0.25) is 4.98 Å². The van der Waals surface area contributed by atoms with Gasteiger partial charge in [0.15, 0.2) is 0 Å². The van der Waals surface area contributed by atoms with Crippen LogP contribution in [0.25, 0.3) is 0 Å². The molecular formula is C15H18N4O. The van der Waals surface area contributed by atoms with Gasteiger partial charge in [0.05, 0.1) is 0 Å². The van der Waals surface area contributed by atoms with Crippen LogP contribution < -0.4 is 16.4 Å². The average Bonchev–Trinajstić information content (AvgIpc) is 2.46. The first-order valence-electron chi connectivity index (χ1n) is 6.44. The van der Waals surface area contributed by atoms with Crippen LogP contribution in [0.1, 0.15) is 24.1 Å². The molecule has 2 rings (SSSR count). The van der Waals surface area contributed by atoms with E-state index in [0.29, 0.717) is 6.54 Å². The Labute approximate surface area is 118 Å². The average molecular weight is 270 g/mol. The Balaban J connectivity index is 1.90. The van der Waals surface area contributed by atoms with E-state index in [0.717, 1.165) is 16.8 Å². The molecule has 104 valence electrons. The summed E-state index contributed by atoms with van der Waals surface area (Å²) >= 11 is 0. The molecule has 0 fully saturated rings. The van der Waals surface area contributed by atoms with Crippen LogP contribution in [0.5, 0.6) is 0 Å². The third-order valence-electron chi connectivity index (χ3n) is 2.85. The highest BCUT2D eigenvalue weighted by atomic mass is 16.2. The molecule has 1 unspecified atom stereocenters. The molecule has 2 aromatic rings. The Bertz CT molecular complexity index is 569. The van der Waals surface area contributed by atoms with Crippen molar-refractivity contribution in [2.24, 2.45) is 5.73 Å². The highest BCUT2D eigenvalue weighted by Gasteiger charge is 2.04. The Hall–Kier alpha value is -2.40. The van der Waals surface area contributed by atoms with Crippen molar-refractivity contribution in [1.29, 1.82) is 0 Å². The van der Waals surface area contributed by atoms with E-state index >= 15 is 0 Å². The molecule has 0 spiro atoms. The highest BCUT2D eigenvalue weighted by Crippen LogP contribution is 2.15. The van der Waals surface area contributed by atoms with Crippen LogP contribution in [-0.4, -0.2) is 11.0 Å². The van der Waals surface area contributed by atoms with Crippen molar-refractivity contribution < 1.29 is 4.79 Å². The summed E-state index contributed by atoms with van der Waals surface area (Å²) in [6.45, 7) is 2.34. The van der Waals surface area contributed by atoms with E-state index in [-0.39, 0.29) is 12.1 Å². The molecule has 5 nitrogen and oxygen atoms in total. The summed E-state index contributed by atoms with van der Waals surface area (Å²) < 4.78 is 0. The SMILES string of the molecule is CC(N)c1cccc(NC(=O)NCc2cccnc2)c1. The van der Waals surface area contributed by atoms with Gasteiger partial charge >= 0.3 is 6.03 Å². The first kappa shape index (κ1) is 14.0. The highest BCUT2D eigenvalue weighted by molar-refractivity contribution is 5.89. The smallest absolute Gasteiger partial charge is 0.319 e. The van der Waals surface area contributed by atoms with Crippen LogP contribution >= 0.6 is 0 Å². The molecule has 0 aliphatic carbocycles. The van der Waals surface area contributed by atoms with E-state index in [1.807, 2.05) is 43.3 Å². The zero-order valence-corrected chi connectivity index (χ0v) is 11.3. The molecule has 5 heteroatoms. The number of pyridine rings is 1. The van der Waals surface area contributed by atoms with Crippen molar-refractivity contribution in [2.45, 2.75) is 19.5 Å². The van der Waals surface area contributed by atoms with Crippen molar-refractivity contribution in [3.8, 4) is 0 Å². The number of nitrogens with one attached hydrogen (secondary N) is 2. The molecule has 1 atom stereocenters. The maximum Gasteiger partial charge on any atom is 0.319 e. The molecule has 1 heterocycles. The zero-order chi connectivity index (χ0) is 14.4. The Morgan fingerprint density at radius 2 is 2.20 bits per heavy atom. The molecule has 0 saturated carbocycles. The number of hydrogen-bond donors (Lipinski definition) is 3. The van der Waals surface area contributed by atoms with Gasteiger partial charge in [0.25, 0.3) is 0 Å². The van der Waals surface area contributed by atoms with Gasteiger partial charge in [0.1, 0.15) is 0 Å². The van der Waals surface area contributed by atoms with Crippen molar-refractivity contribution in [2.75, 3.05) is 5.32 Å². The zero-order valence-electron chi connectivity index (χ0n) is 11.3. The van der Waals surface area contributed by atoms with E-state index in [1.54, 1.807) is 12.4 Å². The third-order valence-corrected chi connectivity index (χ3v) is 2.85. The number of hydrogen-bond acceptors (Lipinski definition) is 3. The fourth-order valence-electron chi connectivity index (χ4n) is 1.76. The van der Waals surface area contributed by atoms with Crippen molar-refractivity contribution in [3.05, 3.63) is 59.9 Å². The lowest BCUT2D eigenvalue weighted by atomic mass is 10.1. The minimum atomic E-state index is -0.254. The molecule has 0 aliphatic rings. The Morgan fingerprint density at radius 1 is 1.35 bits per heavy atom. The normalized spacial score (nSPS) is 11.7. The van der Waals surface area contributed by atoms with Crippen LogP contribution in [0.2, 0.25) is 0 Å². The van der Waals surface area contributed by atoms with Crippen molar-refractivity contribution >= 4 is 11.7 Å². The van der Waals surface area contributed by atoms with E-state index in [9.17, 15) is 4.79 Å². The number of amides is 2. The number of anilines is 1. The number of carbonyl (C=O) groups is 1. The maximum atomic E-state index is 11.8. The maximum absolute atomic E-state index is 11.8. The van der Waals surface area contributed by atoms with Gasteiger partial charge in [-0.15, -0.1) is 0 Å². The summed E-state index contributed by atoms with van der Waals surface area (Å²) in [5, 5.41) is 5.56. The largest absolute Gasteiger partial charge is 0.334 e.